The second-order valence-electron chi connectivity index (χ2n) is 8.58. The number of benzene rings is 2. The number of amides is 1. The van der Waals surface area contributed by atoms with Gasteiger partial charge in [0.05, 0.1) is 0 Å². The standard InChI is InChI=1S/C25H28F2N3O6PS/c26-25(27,37(32,33)34)21-13-11-20(12-14-21)17-23(30-38(35,36)22-10-6-15-28-18-22)24(31)29-16-5-4-9-19-7-2-1-3-8-19/h1-3,6-8,10-15,18,23,30H,4-5,9,16-17H2,(H,29,31)(H2,32,33,34)/t23-/m0/s1. The molecule has 13 heteroatoms. The van der Waals surface area contributed by atoms with E-state index in [1.165, 1.54) is 18.3 Å². The number of rotatable bonds is 13. The van der Waals surface area contributed by atoms with Gasteiger partial charge in [0, 0.05) is 24.5 Å². The quantitative estimate of drug-likeness (QED) is 0.183. The van der Waals surface area contributed by atoms with E-state index in [0.29, 0.717) is 18.5 Å². The first kappa shape index (κ1) is 29.5. The van der Waals surface area contributed by atoms with Gasteiger partial charge in [-0.05, 0) is 48.9 Å². The predicted octanol–water partition coefficient (Wildman–Crippen LogP) is 3.34. The first-order chi connectivity index (χ1) is 17.9. The van der Waals surface area contributed by atoms with Gasteiger partial charge in [-0.15, -0.1) is 0 Å². The Morgan fingerprint density at radius 1 is 0.974 bits per heavy atom. The Morgan fingerprint density at radius 3 is 2.26 bits per heavy atom. The molecular formula is C25H28F2N3O6PS. The maximum absolute atomic E-state index is 14.0. The van der Waals surface area contributed by atoms with Gasteiger partial charge >= 0.3 is 13.3 Å². The first-order valence-corrected chi connectivity index (χ1v) is 14.8. The molecule has 0 saturated heterocycles. The number of carbonyl (C=O) groups excluding carboxylic acids is 1. The number of nitrogens with zero attached hydrogens (tertiary/aromatic N) is 1. The zero-order chi connectivity index (χ0) is 27.8. The molecule has 204 valence electrons. The molecule has 0 fully saturated rings. The lowest BCUT2D eigenvalue weighted by atomic mass is 10.0. The van der Waals surface area contributed by atoms with Gasteiger partial charge in [0.1, 0.15) is 10.9 Å². The Morgan fingerprint density at radius 2 is 1.66 bits per heavy atom. The second-order valence-corrected chi connectivity index (χ2v) is 11.9. The smallest absolute Gasteiger partial charge is 0.355 e. The van der Waals surface area contributed by atoms with Gasteiger partial charge in [-0.2, -0.15) is 13.5 Å². The average Bonchev–Trinajstić information content (AvgIpc) is 2.88. The number of unbranched alkanes of at least 4 members (excludes halogenated alkanes) is 1. The minimum atomic E-state index is -5.74. The van der Waals surface area contributed by atoms with Crippen LogP contribution in [0.25, 0.3) is 0 Å². The molecule has 0 aliphatic rings. The molecular weight excluding hydrogens is 539 g/mol. The molecule has 2 aromatic carbocycles. The van der Waals surface area contributed by atoms with Gasteiger partial charge in [0.25, 0.3) is 0 Å². The number of alkyl halides is 2. The van der Waals surface area contributed by atoms with Gasteiger partial charge in [-0.3, -0.25) is 14.3 Å². The fraction of sp³-hybridized carbons (Fsp3) is 0.280. The van der Waals surface area contributed by atoms with Crippen molar-refractivity contribution >= 4 is 23.5 Å². The van der Waals surface area contributed by atoms with Crippen LogP contribution in [0.2, 0.25) is 0 Å². The molecule has 3 rings (SSSR count). The van der Waals surface area contributed by atoms with Crippen molar-refractivity contribution in [1.82, 2.24) is 15.0 Å². The van der Waals surface area contributed by atoms with Crippen molar-refractivity contribution in [1.29, 1.82) is 0 Å². The fourth-order valence-corrected chi connectivity index (χ4v) is 5.27. The normalized spacial score (nSPS) is 13.2. The van der Waals surface area contributed by atoms with Crippen LogP contribution in [0.4, 0.5) is 8.78 Å². The first-order valence-electron chi connectivity index (χ1n) is 11.7. The molecule has 1 heterocycles. The highest BCUT2D eigenvalue weighted by molar-refractivity contribution is 7.89. The van der Waals surface area contributed by atoms with Gasteiger partial charge in [-0.25, -0.2) is 8.42 Å². The summed E-state index contributed by atoms with van der Waals surface area (Å²) >= 11 is 0. The van der Waals surface area contributed by atoms with Crippen LogP contribution in [-0.4, -0.2) is 41.7 Å². The van der Waals surface area contributed by atoms with E-state index in [4.69, 9.17) is 9.79 Å². The summed E-state index contributed by atoms with van der Waals surface area (Å²) in [6, 6.07) is 15.3. The summed E-state index contributed by atoms with van der Waals surface area (Å²) in [6.45, 7) is 0.296. The summed E-state index contributed by atoms with van der Waals surface area (Å²) in [5, 5.41) is 2.71. The van der Waals surface area contributed by atoms with Crippen molar-refractivity contribution < 1.29 is 36.3 Å². The molecule has 1 atom stereocenters. The highest BCUT2D eigenvalue weighted by Crippen LogP contribution is 2.59. The van der Waals surface area contributed by atoms with Crippen LogP contribution in [0.15, 0.2) is 84.0 Å². The van der Waals surface area contributed by atoms with E-state index in [1.54, 1.807) is 0 Å². The zero-order valence-electron chi connectivity index (χ0n) is 20.2. The monoisotopic (exact) mass is 567 g/mol. The van der Waals surface area contributed by atoms with Crippen LogP contribution in [0, 0.1) is 0 Å². The molecule has 1 aromatic heterocycles. The third-order valence-corrected chi connectivity index (χ3v) is 8.15. The van der Waals surface area contributed by atoms with Crippen molar-refractivity contribution in [3.05, 3.63) is 95.8 Å². The SMILES string of the molecule is O=C(NCCCCc1ccccc1)[C@H](Cc1ccc(C(F)(F)P(=O)(O)O)cc1)NS(=O)(=O)c1cccnc1. The van der Waals surface area contributed by atoms with Crippen LogP contribution in [-0.2, 0) is 37.9 Å². The average molecular weight is 568 g/mol. The lowest BCUT2D eigenvalue weighted by molar-refractivity contribution is -0.122. The van der Waals surface area contributed by atoms with E-state index < -0.39 is 40.8 Å². The summed E-state index contributed by atoms with van der Waals surface area (Å²) in [5.41, 5.74) is -3.82. The highest BCUT2D eigenvalue weighted by Gasteiger charge is 2.50. The lowest BCUT2D eigenvalue weighted by Gasteiger charge is -2.20. The molecule has 0 unspecified atom stereocenters. The van der Waals surface area contributed by atoms with Gasteiger partial charge < -0.3 is 15.1 Å². The van der Waals surface area contributed by atoms with E-state index in [1.807, 2.05) is 30.3 Å². The molecule has 9 nitrogen and oxygen atoms in total. The van der Waals surface area contributed by atoms with Crippen LogP contribution < -0.4 is 10.0 Å². The summed E-state index contributed by atoms with van der Waals surface area (Å²) in [4.78, 5) is 34.5. The van der Waals surface area contributed by atoms with Crippen LogP contribution in [0.5, 0.6) is 0 Å². The van der Waals surface area contributed by atoms with Gasteiger partial charge in [0.15, 0.2) is 0 Å². The number of aryl methyl sites for hydroxylation is 1. The Balaban J connectivity index is 1.70. The Hall–Kier alpha value is -3.02. The number of sulfonamides is 1. The van der Waals surface area contributed by atoms with Crippen molar-refractivity contribution in [3.8, 4) is 0 Å². The summed E-state index contributed by atoms with van der Waals surface area (Å²) in [5.74, 6) is -0.609. The summed E-state index contributed by atoms with van der Waals surface area (Å²) < 4.78 is 67.1. The minimum Gasteiger partial charge on any atom is -0.355 e. The van der Waals surface area contributed by atoms with Crippen LogP contribution >= 0.6 is 7.60 Å². The molecule has 0 aliphatic carbocycles. The molecule has 0 bridgehead atoms. The number of nitrogens with one attached hydrogen (secondary N) is 2. The van der Waals surface area contributed by atoms with Crippen LogP contribution in [0.1, 0.15) is 29.5 Å². The zero-order valence-corrected chi connectivity index (χ0v) is 21.9. The Labute approximate surface area is 219 Å². The van der Waals surface area contributed by atoms with E-state index in [9.17, 15) is 26.6 Å². The second kappa shape index (κ2) is 12.7. The van der Waals surface area contributed by atoms with Crippen molar-refractivity contribution in [2.45, 2.75) is 42.3 Å². The highest BCUT2D eigenvalue weighted by atomic mass is 32.2. The molecule has 0 saturated carbocycles. The van der Waals surface area contributed by atoms with Crippen molar-refractivity contribution in [2.75, 3.05) is 6.54 Å². The third kappa shape index (κ3) is 7.99. The molecule has 1 amide bonds. The Bertz CT molecular complexity index is 1350. The molecule has 3 aromatic rings. The summed E-state index contributed by atoms with van der Waals surface area (Å²) in [6.07, 6.45) is 4.59. The number of pyridine rings is 1. The lowest BCUT2D eigenvalue weighted by Crippen LogP contribution is -2.48. The number of carbonyl (C=O) groups is 1. The minimum absolute atomic E-state index is 0.155. The number of hydrogen-bond donors (Lipinski definition) is 4. The van der Waals surface area contributed by atoms with Crippen LogP contribution in [0.3, 0.4) is 0 Å². The molecule has 0 aliphatic heterocycles. The van der Waals surface area contributed by atoms with E-state index >= 15 is 0 Å². The number of hydrogen-bond acceptors (Lipinski definition) is 5. The fourth-order valence-electron chi connectivity index (χ4n) is 3.63. The van der Waals surface area contributed by atoms with E-state index in [2.05, 4.69) is 15.0 Å². The van der Waals surface area contributed by atoms with Crippen molar-refractivity contribution in [3.63, 3.8) is 0 Å². The molecule has 4 N–H and O–H groups in total. The molecule has 38 heavy (non-hydrogen) atoms. The van der Waals surface area contributed by atoms with Crippen molar-refractivity contribution in [2.24, 2.45) is 0 Å². The number of halogens is 2. The predicted molar refractivity (Wildman–Crippen MR) is 137 cm³/mol. The maximum Gasteiger partial charge on any atom is 0.399 e. The third-order valence-electron chi connectivity index (χ3n) is 5.70. The molecule has 0 radical (unpaired) electrons. The van der Waals surface area contributed by atoms with Gasteiger partial charge in [0.2, 0.25) is 15.9 Å². The topological polar surface area (TPSA) is 146 Å². The number of aromatic nitrogens is 1. The molecule has 0 spiro atoms. The van der Waals surface area contributed by atoms with E-state index in [0.717, 1.165) is 48.9 Å². The maximum atomic E-state index is 14.0. The summed E-state index contributed by atoms with van der Waals surface area (Å²) in [7, 11) is -9.89. The van der Waals surface area contributed by atoms with E-state index in [-0.39, 0.29) is 11.3 Å². The van der Waals surface area contributed by atoms with Gasteiger partial charge in [-0.1, -0.05) is 54.6 Å². The largest absolute Gasteiger partial charge is 0.399 e. The Kier molecular flexibility index (Phi) is 9.86.